The first-order valence-electron chi connectivity index (χ1n) is 3.64. The Morgan fingerprint density at radius 2 is 2.27 bits per heavy atom. The van der Waals surface area contributed by atoms with Crippen molar-refractivity contribution in [1.82, 2.24) is 4.98 Å². The second-order valence-corrected chi connectivity index (χ2v) is 3.41. The van der Waals surface area contributed by atoms with Gasteiger partial charge in [0.25, 0.3) is 5.69 Å². The van der Waals surface area contributed by atoms with Gasteiger partial charge in [0.15, 0.2) is 6.10 Å². The summed E-state index contributed by atoms with van der Waals surface area (Å²) in [6, 6.07) is 0.906. The highest BCUT2D eigenvalue weighted by Gasteiger charge is 2.22. The van der Waals surface area contributed by atoms with Gasteiger partial charge in [0.2, 0.25) is 0 Å². The van der Waals surface area contributed by atoms with E-state index in [1.54, 1.807) is 0 Å². The SMILES string of the molecule is O=C(O)C(O)c1cc([N+](=O)[O-])c(Br)cn1. The fraction of sp³-hybridized carbons (Fsp3) is 0.143. The van der Waals surface area contributed by atoms with E-state index in [-0.39, 0.29) is 15.9 Å². The predicted octanol–water partition coefficient (Wildman–Crippen LogP) is 0.870. The molecule has 0 spiro atoms. The van der Waals surface area contributed by atoms with Gasteiger partial charge in [-0.3, -0.25) is 15.1 Å². The summed E-state index contributed by atoms with van der Waals surface area (Å²) in [4.78, 5) is 23.7. The number of hydrogen-bond donors (Lipinski definition) is 2. The summed E-state index contributed by atoms with van der Waals surface area (Å²) < 4.78 is 0.119. The van der Waals surface area contributed by atoms with Crippen LogP contribution in [0.2, 0.25) is 0 Å². The zero-order valence-electron chi connectivity index (χ0n) is 7.12. The summed E-state index contributed by atoms with van der Waals surface area (Å²) in [5.74, 6) is -1.51. The number of aromatic nitrogens is 1. The fourth-order valence-corrected chi connectivity index (χ4v) is 1.22. The summed E-state index contributed by atoms with van der Waals surface area (Å²) in [5.41, 5.74) is -0.627. The van der Waals surface area contributed by atoms with E-state index >= 15 is 0 Å². The molecule has 1 atom stereocenters. The van der Waals surface area contributed by atoms with Crippen molar-refractivity contribution in [3.63, 3.8) is 0 Å². The molecule has 0 bridgehead atoms. The van der Waals surface area contributed by atoms with Crippen molar-refractivity contribution in [2.75, 3.05) is 0 Å². The molecule has 0 aliphatic heterocycles. The van der Waals surface area contributed by atoms with Gasteiger partial charge in [0.1, 0.15) is 4.47 Å². The molecule has 1 heterocycles. The van der Waals surface area contributed by atoms with Crippen LogP contribution in [0.25, 0.3) is 0 Å². The van der Waals surface area contributed by atoms with Crippen molar-refractivity contribution in [3.05, 3.63) is 32.5 Å². The molecule has 0 aliphatic carbocycles. The lowest BCUT2D eigenvalue weighted by molar-refractivity contribution is -0.385. The number of carboxylic acids is 1. The Morgan fingerprint density at radius 1 is 1.67 bits per heavy atom. The number of nitrogens with zero attached hydrogens (tertiary/aromatic N) is 2. The molecule has 1 aromatic rings. The van der Waals surface area contributed by atoms with Crippen molar-refractivity contribution in [2.24, 2.45) is 0 Å². The largest absolute Gasteiger partial charge is 0.479 e. The van der Waals surface area contributed by atoms with Gasteiger partial charge in [-0.1, -0.05) is 0 Å². The van der Waals surface area contributed by atoms with Crippen LogP contribution in [-0.4, -0.2) is 26.1 Å². The molecule has 2 N–H and O–H groups in total. The van der Waals surface area contributed by atoms with Crippen LogP contribution >= 0.6 is 15.9 Å². The van der Waals surface area contributed by atoms with E-state index in [0.717, 1.165) is 12.3 Å². The maximum absolute atomic E-state index is 10.5. The molecule has 0 fully saturated rings. The van der Waals surface area contributed by atoms with Crippen LogP contribution in [0.5, 0.6) is 0 Å². The third-order valence-electron chi connectivity index (χ3n) is 1.57. The number of rotatable bonds is 3. The number of aliphatic carboxylic acids is 1. The topological polar surface area (TPSA) is 114 Å². The number of aliphatic hydroxyl groups is 1. The molecule has 8 heteroatoms. The van der Waals surface area contributed by atoms with Gasteiger partial charge in [-0.2, -0.15) is 0 Å². The van der Waals surface area contributed by atoms with E-state index in [1.807, 2.05) is 0 Å². The van der Waals surface area contributed by atoms with Gasteiger partial charge in [0.05, 0.1) is 10.6 Å². The molecule has 0 saturated heterocycles. The van der Waals surface area contributed by atoms with Crippen LogP contribution in [0.3, 0.4) is 0 Å². The van der Waals surface area contributed by atoms with Gasteiger partial charge in [0, 0.05) is 12.3 Å². The number of halogens is 1. The van der Waals surface area contributed by atoms with Gasteiger partial charge < -0.3 is 10.2 Å². The van der Waals surface area contributed by atoms with E-state index in [1.165, 1.54) is 0 Å². The Labute approximate surface area is 91.7 Å². The summed E-state index contributed by atoms with van der Waals surface area (Å²) in [5, 5.41) is 28.0. The number of hydrogen-bond acceptors (Lipinski definition) is 5. The molecule has 1 rings (SSSR count). The molecule has 0 aromatic carbocycles. The summed E-state index contributed by atoms with van der Waals surface area (Å²) >= 11 is 2.88. The Bertz CT molecular complexity index is 422. The summed E-state index contributed by atoms with van der Waals surface area (Å²) in [6.07, 6.45) is -0.795. The highest BCUT2D eigenvalue weighted by atomic mass is 79.9. The summed E-state index contributed by atoms with van der Waals surface area (Å²) in [6.45, 7) is 0. The monoisotopic (exact) mass is 276 g/mol. The van der Waals surface area contributed by atoms with Crippen LogP contribution in [0.1, 0.15) is 11.8 Å². The maximum Gasteiger partial charge on any atom is 0.338 e. The molecular formula is C7H5BrN2O5. The van der Waals surface area contributed by atoms with E-state index in [2.05, 4.69) is 20.9 Å². The van der Waals surface area contributed by atoms with E-state index in [9.17, 15) is 14.9 Å². The standard InChI is InChI=1S/C7H5BrN2O5/c8-3-2-9-4(6(11)7(12)13)1-5(3)10(14)15/h1-2,6,11H,(H,12,13). The van der Waals surface area contributed by atoms with Crippen molar-refractivity contribution >= 4 is 27.6 Å². The second kappa shape index (κ2) is 4.32. The van der Waals surface area contributed by atoms with Gasteiger partial charge in [-0.05, 0) is 15.9 Å². The predicted molar refractivity (Wildman–Crippen MR) is 51.2 cm³/mol. The van der Waals surface area contributed by atoms with Crippen LogP contribution in [0.4, 0.5) is 5.69 Å². The third kappa shape index (κ3) is 2.48. The van der Waals surface area contributed by atoms with Gasteiger partial charge in [-0.25, -0.2) is 4.79 Å². The molecule has 80 valence electrons. The Hall–Kier alpha value is -1.54. The lowest BCUT2D eigenvalue weighted by Gasteiger charge is -2.04. The van der Waals surface area contributed by atoms with Crippen LogP contribution in [-0.2, 0) is 4.79 Å². The minimum Gasteiger partial charge on any atom is -0.479 e. The fourth-order valence-electron chi connectivity index (χ4n) is 0.860. The highest BCUT2D eigenvalue weighted by Crippen LogP contribution is 2.26. The number of pyridine rings is 1. The molecule has 15 heavy (non-hydrogen) atoms. The molecule has 0 aliphatic rings. The second-order valence-electron chi connectivity index (χ2n) is 2.56. The van der Waals surface area contributed by atoms with Crippen molar-refractivity contribution in [1.29, 1.82) is 0 Å². The molecular weight excluding hydrogens is 272 g/mol. The van der Waals surface area contributed by atoms with Crippen LogP contribution < -0.4 is 0 Å². The van der Waals surface area contributed by atoms with Gasteiger partial charge >= 0.3 is 5.97 Å². The van der Waals surface area contributed by atoms with Crippen molar-refractivity contribution < 1.29 is 19.9 Å². The Kier molecular flexibility index (Phi) is 3.32. The maximum atomic E-state index is 10.5. The minimum atomic E-state index is -1.86. The molecule has 0 amide bonds. The van der Waals surface area contributed by atoms with Crippen molar-refractivity contribution in [2.45, 2.75) is 6.10 Å². The lowest BCUT2D eigenvalue weighted by Crippen LogP contribution is -2.12. The first-order chi connectivity index (χ1) is 6.93. The third-order valence-corrected chi connectivity index (χ3v) is 2.18. The first kappa shape index (κ1) is 11.5. The minimum absolute atomic E-state index is 0.119. The smallest absolute Gasteiger partial charge is 0.338 e. The Morgan fingerprint density at radius 3 is 2.73 bits per heavy atom. The van der Waals surface area contributed by atoms with E-state index < -0.39 is 17.0 Å². The quantitative estimate of drug-likeness (QED) is 0.626. The average Bonchev–Trinajstić information content (AvgIpc) is 2.16. The number of carboxylic acid groups (broad SMARTS) is 1. The molecule has 1 unspecified atom stereocenters. The Balaban J connectivity index is 3.18. The zero-order valence-corrected chi connectivity index (χ0v) is 8.71. The molecule has 0 saturated carbocycles. The molecule has 0 radical (unpaired) electrons. The normalized spacial score (nSPS) is 12.1. The highest BCUT2D eigenvalue weighted by molar-refractivity contribution is 9.10. The van der Waals surface area contributed by atoms with Crippen molar-refractivity contribution in [3.8, 4) is 0 Å². The number of nitro groups is 1. The lowest BCUT2D eigenvalue weighted by atomic mass is 10.2. The van der Waals surface area contributed by atoms with Crippen LogP contribution in [0, 0.1) is 10.1 Å². The van der Waals surface area contributed by atoms with Crippen LogP contribution in [0.15, 0.2) is 16.7 Å². The molecule has 7 nitrogen and oxygen atoms in total. The molecule has 1 aromatic heterocycles. The van der Waals surface area contributed by atoms with Gasteiger partial charge in [-0.15, -0.1) is 0 Å². The average molecular weight is 277 g/mol. The number of aliphatic hydroxyl groups excluding tert-OH is 1. The number of carbonyl (C=O) groups is 1. The summed E-state index contributed by atoms with van der Waals surface area (Å²) in [7, 11) is 0. The zero-order chi connectivity index (χ0) is 11.6. The van der Waals surface area contributed by atoms with E-state index in [4.69, 9.17) is 10.2 Å². The van der Waals surface area contributed by atoms with E-state index in [0.29, 0.717) is 0 Å². The first-order valence-corrected chi connectivity index (χ1v) is 4.43.